The molecule has 0 N–H and O–H groups in total. The Morgan fingerprint density at radius 2 is 1.68 bits per heavy atom. The number of esters is 1. The molecule has 1 fully saturated rings. The number of carbonyl (C=O) groups excluding carboxylic acids is 1. The van der Waals surface area contributed by atoms with E-state index in [0.29, 0.717) is 17.7 Å². The van der Waals surface area contributed by atoms with Gasteiger partial charge in [-0.1, -0.05) is 24.3 Å². The average Bonchev–Trinajstić information content (AvgIpc) is 3.01. The van der Waals surface area contributed by atoms with Crippen molar-refractivity contribution in [2.24, 2.45) is 0 Å². The normalized spacial score (nSPS) is 20.9. The minimum atomic E-state index is -0.290. The number of nitrogens with zero attached hydrogens (tertiary/aromatic N) is 1. The maximum absolute atomic E-state index is 12.0. The van der Waals surface area contributed by atoms with Crippen LogP contribution in [0.1, 0.15) is 42.1 Å². The van der Waals surface area contributed by atoms with E-state index in [4.69, 9.17) is 9.47 Å². The average molecular weight is 337 g/mol. The van der Waals surface area contributed by atoms with Gasteiger partial charge in [0.2, 0.25) is 0 Å². The van der Waals surface area contributed by atoms with E-state index in [9.17, 15) is 4.79 Å². The largest absolute Gasteiger partial charge is 0.465 e. The topological polar surface area (TPSA) is 40.5 Å². The lowest BCUT2D eigenvalue weighted by molar-refractivity contribution is 0.0594. The second kappa shape index (κ2) is 6.52. The van der Waals surface area contributed by atoms with Crippen molar-refractivity contribution in [1.82, 2.24) is 4.57 Å². The molecular formula is C21H23NO3. The number of carbonyl (C=O) groups is 1. The minimum absolute atomic E-state index is 0.290. The van der Waals surface area contributed by atoms with Gasteiger partial charge in [0.15, 0.2) is 0 Å². The number of methoxy groups -OCH3 is 2. The minimum Gasteiger partial charge on any atom is -0.465 e. The summed E-state index contributed by atoms with van der Waals surface area (Å²) in [6.07, 6.45) is 4.70. The van der Waals surface area contributed by atoms with Crippen LogP contribution in [0.15, 0.2) is 42.5 Å². The number of rotatable bonds is 3. The summed E-state index contributed by atoms with van der Waals surface area (Å²) in [6.45, 7) is 0. The third-order valence-electron chi connectivity index (χ3n) is 5.47. The van der Waals surface area contributed by atoms with Gasteiger partial charge in [0.05, 0.1) is 24.3 Å². The molecule has 1 aliphatic rings. The van der Waals surface area contributed by atoms with Crippen molar-refractivity contribution in [3.8, 4) is 0 Å². The predicted molar refractivity (Wildman–Crippen MR) is 99.1 cm³/mol. The van der Waals surface area contributed by atoms with E-state index in [1.165, 1.54) is 23.4 Å². The molecule has 0 unspecified atom stereocenters. The fraction of sp³-hybridized carbons (Fsp3) is 0.381. The fourth-order valence-electron chi connectivity index (χ4n) is 4.18. The van der Waals surface area contributed by atoms with Gasteiger partial charge >= 0.3 is 5.97 Å². The monoisotopic (exact) mass is 337 g/mol. The van der Waals surface area contributed by atoms with Crippen LogP contribution in [0.5, 0.6) is 0 Å². The van der Waals surface area contributed by atoms with Crippen LogP contribution < -0.4 is 0 Å². The molecule has 130 valence electrons. The summed E-state index contributed by atoms with van der Waals surface area (Å²) in [7, 11) is 3.22. The van der Waals surface area contributed by atoms with E-state index in [1.807, 2.05) is 18.2 Å². The van der Waals surface area contributed by atoms with Gasteiger partial charge in [0, 0.05) is 29.4 Å². The second-order valence-corrected chi connectivity index (χ2v) is 6.78. The molecule has 4 heteroatoms. The van der Waals surface area contributed by atoms with Gasteiger partial charge in [0.25, 0.3) is 0 Å². The van der Waals surface area contributed by atoms with Crippen LogP contribution in [0.2, 0.25) is 0 Å². The van der Waals surface area contributed by atoms with E-state index in [1.54, 1.807) is 7.11 Å². The van der Waals surface area contributed by atoms with Crippen LogP contribution in [-0.4, -0.2) is 30.9 Å². The molecule has 1 saturated carbocycles. The highest BCUT2D eigenvalue weighted by atomic mass is 16.5. The third-order valence-corrected chi connectivity index (χ3v) is 5.47. The maximum atomic E-state index is 12.0. The number of hydrogen-bond donors (Lipinski definition) is 0. The number of benzene rings is 2. The summed E-state index contributed by atoms with van der Waals surface area (Å²) in [5.74, 6) is -0.290. The highest BCUT2D eigenvalue weighted by Gasteiger charge is 2.25. The Kier molecular flexibility index (Phi) is 4.22. The lowest BCUT2D eigenvalue weighted by Gasteiger charge is -2.30. The molecule has 4 rings (SSSR count). The van der Waals surface area contributed by atoms with Gasteiger partial charge in [-0.25, -0.2) is 4.79 Å². The van der Waals surface area contributed by atoms with Crippen molar-refractivity contribution >= 4 is 27.8 Å². The van der Waals surface area contributed by atoms with Crippen LogP contribution >= 0.6 is 0 Å². The summed E-state index contributed by atoms with van der Waals surface area (Å²) >= 11 is 0. The molecule has 0 saturated heterocycles. The summed E-state index contributed by atoms with van der Waals surface area (Å²) in [5, 5.41) is 2.43. The molecule has 2 aromatic carbocycles. The van der Waals surface area contributed by atoms with E-state index in [-0.39, 0.29) is 5.97 Å². The number of aromatic nitrogens is 1. The first-order valence-electron chi connectivity index (χ1n) is 8.86. The molecule has 0 spiro atoms. The SMILES string of the molecule is COC(=O)c1ccc2c3ccccc3n([C@H]3CC[C@H](OC)CC3)c2c1. The first-order valence-corrected chi connectivity index (χ1v) is 8.86. The van der Waals surface area contributed by atoms with Crippen molar-refractivity contribution in [2.75, 3.05) is 14.2 Å². The summed E-state index contributed by atoms with van der Waals surface area (Å²) < 4.78 is 12.9. The van der Waals surface area contributed by atoms with Crippen molar-refractivity contribution < 1.29 is 14.3 Å². The highest BCUT2D eigenvalue weighted by molar-refractivity contribution is 6.09. The van der Waals surface area contributed by atoms with Crippen LogP contribution in [0, 0.1) is 0 Å². The molecule has 4 nitrogen and oxygen atoms in total. The lowest BCUT2D eigenvalue weighted by Crippen LogP contribution is -2.22. The van der Waals surface area contributed by atoms with Crippen LogP contribution in [0.4, 0.5) is 0 Å². The molecule has 1 aromatic heterocycles. The van der Waals surface area contributed by atoms with Gasteiger partial charge < -0.3 is 14.0 Å². The first-order chi connectivity index (χ1) is 12.2. The van der Waals surface area contributed by atoms with Crippen molar-refractivity contribution in [3.63, 3.8) is 0 Å². The molecule has 25 heavy (non-hydrogen) atoms. The number of para-hydroxylation sites is 1. The van der Waals surface area contributed by atoms with Crippen LogP contribution in [0.3, 0.4) is 0 Å². The van der Waals surface area contributed by atoms with Crippen molar-refractivity contribution in [3.05, 3.63) is 48.0 Å². The van der Waals surface area contributed by atoms with Crippen LogP contribution in [-0.2, 0) is 9.47 Å². The molecule has 0 amide bonds. The molecule has 3 aromatic rings. The lowest BCUT2D eigenvalue weighted by atomic mass is 9.92. The molecule has 0 bridgehead atoms. The van der Waals surface area contributed by atoms with Crippen molar-refractivity contribution in [1.29, 1.82) is 0 Å². The van der Waals surface area contributed by atoms with E-state index >= 15 is 0 Å². The molecule has 1 aliphatic carbocycles. The zero-order valence-corrected chi connectivity index (χ0v) is 14.7. The predicted octanol–water partition coefficient (Wildman–Crippen LogP) is 4.71. The van der Waals surface area contributed by atoms with Gasteiger partial charge in [-0.15, -0.1) is 0 Å². The summed E-state index contributed by atoms with van der Waals surface area (Å²) in [5.41, 5.74) is 2.95. The first kappa shape index (κ1) is 16.2. The van der Waals surface area contributed by atoms with E-state index in [0.717, 1.165) is 31.2 Å². The van der Waals surface area contributed by atoms with Gasteiger partial charge in [-0.2, -0.15) is 0 Å². The van der Waals surface area contributed by atoms with Crippen LogP contribution in [0.25, 0.3) is 21.8 Å². The zero-order valence-electron chi connectivity index (χ0n) is 14.7. The van der Waals surface area contributed by atoms with Crippen molar-refractivity contribution in [2.45, 2.75) is 37.8 Å². The molecular weight excluding hydrogens is 314 g/mol. The smallest absolute Gasteiger partial charge is 0.337 e. The third kappa shape index (κ3) is 2.71. The Morgan fingerprint density at radius 1 is 0.960 bits per heavy atom. The molecule has 0 atom stereocenters. The summed E-state index contributed by atoms with van der Waals surface area (Å²) in [6, 6.07) is 14.8. The maximum Gasteiger partial charge on any atom is 0.337 e. The Bertz CT molecular complexity index is 919. The highest BCUT2D eigenvalue weighted by Crippen LogP contribution is 2.38. The number of hydrogen-bond acceptors (Lipinski definition) is 3. The number of fused-ring (bicyclic) bond motifs is 3. The standard InChI is InChI=1S/C21H23NO3/c1-24-16-10-8-15(9-11-16)22-19-6-4-3-5-17(19)18-12-7-14(13-20(18)22)21(23)25-2/h3-7,12-13,15-16H,8-11H2,1-2H3/t15-,16-. The van der Waals surface area contributed by atoms with E-state index in [2.05, 4.69) is 28.8 Å². The Hall–Kier alpha value is -2.33. The Labute approximate surface area is 147 Å². The Balaban J connectivity index is 1.88. The number of ether oxygens (including phenoxy) is 2. The molecule has 0 radical (unpaired) electrons. The summed E-state index contributed by atoms with van der Waals surface area (Å²) in [4.78, 5) is 12.0. The van der Waals surface area contributed by atoms with Gasteiger partial charge in [-0.05, 0) is 43.9 Å². The zero-order chi connectivity index (χ0) is 17.4. The fourth-order valence-corrected chi connectivity index (χ4v) is 4.18. The second-order valence-electron chi connectivity index (χ2n) is 6.78. The quantitative estimate of drug-likeness (QED) is 0.650. The Morgan fingerprint density at radius 3 is 2.40 bits per heavy atom. The van der Waals surface area contributed by atoms with E-state index < -0.39 is 0 Å². The molecule has 1 heterocycles. The van der Waals surface area contributed by atoms with Gasteiger partial charge in [0.1, 0.15) is 0 Å². The van der Waals surface area contributed by atoms with Gasteiger partial charge in [-0.3, -0.25) is 0 Å². The molecule has 0 aliphatic heterocycles.